The van der Waals surface area contributed by atoms with E-state index in [0.717, 1.165) is 0 Å². The number of rotatable bonds is 7. The number of hydrogen-bond donors (Lipinski definition) is 1. The zero-order valence-electron chi connectivity index (χ0n) is 17.3. The van der Waals surface area contributed by atoms with Gasteiger partial charge in [-0.25, -0.2) is 0 Å². The number of carboxylic acids is 1. The summed E-state index contributed by atoms with van der Waals surface area (Å²) < 4.78 is 6.81. The van der Waals surface area contributed by atoms with E-state index in [0.29, 0.717) is 0 Å². The van der Waals surface area contributed by atoms with Crippen LogP contribution in [0.2, 0.25) is 5.04 Å². The minimum Gasteiger partial charge on any atom is -0.481 e. The Morgan fingerprint density at radius 1 is 0.926 bits per heavy atom. The van der Waals surface area contributed by atoms with Gasteiger partial charge in [0.15, 0.2) is 0 Å². The Balaban J connectivity index is 2.65. The molecule has 0 saturated carbocycles. The van der Waals surface area contributed by atoms with Gasteiger partial charge in [0.05, 0.1) is 12.0 Å². The minimum absolute atomic E-state index is 0.0341. The molecule has 1 N–H and O–H groups in total. The summed E-state index contributed by atoms with van der Waals surface area (Å²) in [6, 6.07) is 20.6. The van der Waals surface area contributed by atoms with Gasteiger partial charge in [0, 0.05) is 0 Å². The van der Waals surface area contributed by atoms with Crippen LogP contribution in [0.1, 0.15) is 41.5 Å². The van der Waals surface area contributed by atoms with Gasteiger partial charge in [0.1, 0.15) is 0 Å². The van der Waals surface area contributed by atoms with Gasteiger partial charge in [-0.1, -0.05) is 95.3 Å². The molecule has 146 valence electrons. The molecule has 0 aliphatic rings. The van der Waals surface area contributed by atoms with Gasteiger partial charge >= 0.3 is 5.97 Å². The molecule has 27 heavy (non-hydrogen) atoms. The number of carboxylic acid groups (broad SMARTS) is 1. The van der Waals surface area contributed by atoms with Crippen molar-refractivity contribution in [2.24, 2.45) is 11.3 Å². The molecule has 0 aromatic heterocycles. The summed E-state index contributed by atoms with van der Waals surface area (Å²) in [7, 11) is -2.71. The third-order valence-corrected chi connectivity index (χ3v) is 10.8. The molecule has 0 unspecified atom stereocenters. The van der Waals surface area contributed by atoms with Crippen LogP contribution in [0.25, 0.3) is 0 Å². The number of hydrogen-bond acceptors (Lipinski definition) is 2. The molecule has 0 radical (unpaired) electrons. The Labute approximate surface area is 164 Å². The van der Waals surface area contributed by atoms with E-state index in [4.69, 9.17) is 4.43 Å². The highest BCUT2D eigenvalue weighted by atomic mass is 28.4. The molecule has 0 bridgehead atoms. The normalized spacial score (nSPS) is 14.8. The predicted molar refractivity (Wildman–Crippen MR) is 114 cm³/mol. The second kappa shape index (κ2) is 7.99. The van der Waals surface area contributed by atoms with Crippen molar-refractivity contribution < 1.29 is 14.3 Å². The Morgan fingerprint density at radius 3 is 1.63 bits per heavy atom. The first kappa shape index (κ1) is 21.4. The Morgan fingerprint density at radius 2 is 1.33 bits per heavy atom. The van der Waals surface area contributed by atoms with E-state index in [2.05, 4.69) is 45.0 Å². The molecule has 0 heterocycles. The molecule has 0 aliphatic carbocycles. The third-order valence-electron chi connectivity index (χ3n) is 5.77. The second-order valence-electron chi connectivity index (χ2n) is 8.83. The monoisotopic (exact) mass is 384 g/mol. The van der Waals surface area contributed by atoms with Gasteiger partial charge in [-0.15, -0.1) is 0 Å². The Bertz CT molecular complexity index is 711. The average molecular weight is 385 g/mol. The molecule has 2 aromatic rings. The van der Waals surface area contributed by atoms with E-state index in [1.54, 1.807) is 6.92 Å². The van der Waals surface area contributed by atoms with Crippen LogP contribution in [0, 0.1) is 11.3 Å². The molecule has 0 amide bonds. The summed E-state index contributed by atoms with van der Waals surface area (Å²) in [5.74, 6) is -0.844. The maximum atomic E-state index is 12.0. The van der Waals surface area contributed by atoms with Crippen LogP contribution in [-0.2, 0) is 9.22 Å². The highest BCUT2D eigenvalue weighted by Crippen LogP contribution is 2.39. The summed E-state index contributed by atoms with van der Waals surface area (Å²) in [5.41, 5.74) is -0.937. The highest BCUT2D eigenvalue weighted by Gasteiger charge is 2.52. The smallest absolute Gasteiger partial charge is 0.311 e. The molecular weight excluding hydrogens is 352 g/mol. The van der Waals surface area contributed by atoms with Crippen molar-refractivity contribution in [2.75, 3.05) is 6.61 Å². The average Bonchev–Trinajstić information content (AvgIpc) is 2.62. The first-order chi connectivity index (χ1) is 12.6. The van der Waals surface area contributed by atoms with Crippen LogP contribution in [0.3, 0.4) is 0 Å². The van der Waals surface area contributed by atoms with Crippen molar-refractivity contribution in [2.45, 2.75) is 46.6 Å². The lowest BCUT2D eigenvalue weighted by Gasteiger charge is -2.45. The lowest BCUT2D eigenvalue weighted by Crippen LogP contribution is -2.67. The van der Waals surface area contributed by atoms with Gasteiger partial charge in [0.25, 0.3) is 8.32 Å². The summed E-state index contributed by atoms with van der Waals surface area (Å²) in [4.78, 5) is 12.0. The number of benzene rings is 2. The van der Waals surface area contributed by atoms with Crippen molar-refractivity contribution in [3.8, 4) is 0 Å². The van der Waals surface area contributed by atoms with Crippen LogP contribution in [-0.4, -0.2) is 26.0 Å². The summed E-state index contributed by atoms with van der Waals surface area (Å²) in [6.45, 7) is 12.5. The molecular formula is C23H32O3Si. The quantitative estimate of drug-likeness (QED) is 0.724. The molecule has 0 aliphatic heterocycles. The van der Waals surface area contributed by atoms with E-state index in [9.17, 15) is 9.90 Å². The summed E-state index contributed by atoms with van der Waals surface area (Å²) >= 11 is 0. The lowest BCUT2D eigenvalue weighted by molar-refractivity contribution is -0.153. The fourth-order valence-corrected chi connectivity index (χ4v) is 8.17. The number of carbonyl (C=O) groups is 1. The van der Waals surface area contributed by atoms with E-state index >= 15 is 0 Å². The fourth-order valence-electron chi connectivity index (χ4n) is 3.50. The van der Waals surface area contributed by atoms with Crippen LogP contribution in [0.5, 0.6) is 0 Å². The second-order valence-corrected chi connectivity index (χ2v) is 13.1. The van der Waals surface area contributed by atoms with Crippen LogP contribution >= 0.6 is 0 Å². The maximum Gasteiger partial charge on any atom is 0.311 e. The molecule has 3 nitrogen and oxygen atoms in total. The van der Waals surface area contributed by atoms with Gasteiger partial charge in [-0.3, -0.25) is 4.79 Å². The molecule has 2 aromatic carbocycles. The fraction of sp³-hybridized carbons (Fsp3) is 0.435. The van der Waals surface area contributed by atoms with Gasteiger partial charge in [0.2, 0.25) is 0 Å². The van der Waals surface area contributed by atoms with Crippen molar-refractivity contribution in [3.63, 3.8) is 0 Å². The molecule has 0 fully saturated rings. The summed E-state index contributed by atoms with van der Waals surface area (Å²) in [5, 5.41) is 12.1. The number of aliphatic carboxylic acids is 1. The molecule has 0 saturated heterocycles. The van der Waals surface area contributed by atoms with Crippen LogP contribution in [0.15, 0.2) is 60.7 Å². The largest absolute Gasteiger partial charge is 0.481 e. The molecule has 1 atom stereocenters. The molecule has 0 spiro atoms. The molecule has 2 rings (SSSR count). The Kier molecular flexibility index (Phi) is 6.33. The van der Waals surface area contributed by atoms with Gasteiger partial charge in [-0.05, 0) is 28.3 Å². The summed E-state index contributed by atoms with van der Waals surface area (Å²) in [6.07, 6.45) is 0. The van der Waals surface area contributed by atoms with Crippen molar-refractivity contribution in [1.82, 2.24) is 0 Å². The van der Waals surface area contributed by atoms with Crippen LogP contribution < -0.4 is 10.4 Å². The van der Waals surface area contributed by atoms with Gasteiger partial charge < -0.3 is 9.53 Å². The van der Waals surface area contributed by atoms with E-state index in [-0.39, 0.29) is 17.6 Å². The molecule has 4 heteroatoms. The third kappa shape index (κ3) is 4.02. The maximum absolute atomic E-state index is 12.0. The zero-order valence-corrected chi connectivity index (χ0v) is 18.3. The van der Waals surface area contributed by atoms with Crippen LogP contribution in [0.4, 0.5) is 0 Å². The van der Waals surface area contributed by atoms with Crippen molar-refractivity contribution in [1.29, 1.82) is 0 Å². The van der Waals surface area contributed by atoms with Crippen molar-refractivity contribution in [3.05, 3.63) is 60.7 Å². The lowest BCUT2D eigenvalue weighted by atomic mass is 9.80. The zero-order chi connectivity index (χ0) is 20.3. The predicted octanol–water partition coefficient (Wildman–Crippen LogP) is 4.31. The SMILES string of the molecule is CC(C)[C@](C)(CO[Si](c1ccccc1)(c1ccccc1)C(C)(C)C)C(=O)O. The minimum atomic E-state index is -2.71. The first-order valence-electron chi connectivity index (χ1n) is 9.54. The van der Waals surface area contributed by atoms with E-state index in [1.165, 1.54) is 10.4 Å². The highest BCUT2D eigenvalue weighted by molar-refractivity contribution is 6.99. The first-order valence-corrected chi connectivity index (χ1v) is 11.4. The van der Waals surface area contributed by atoms with Gasteiger partial charge in [-0.2, -0.15) is 0 Å². The van der Waals surface area contributed by atoms with Crippen molar-refractivity contribution >= 4 is 24.7 Å². The topological polar surface area (TPSA) is 46.5 Å². The standard InChI is InChI=1S/C23H32O3Si/c1-18(2)23(6,21(24)25)17-26-27(22(3,4)5,19-13-9-7-10-14-19)20-15-11-8-12-16-20/h7-16,18H,17H2,1-6H3,(H,24,25)/t23-/m0/s1. The van der Waals surface area contributed by atoms with E-state index in [1.807, 2.05) is 50.2 Å². The Hall–Kier alpha value is -1.91. The van der Waals surface area contributed by atoms with E-state index < -0.39 is 19.7 Å².